The third kappa shape index (κ3) is 5.30. The van der Waals surface area contributed by atoms with E-state index in [1.165, 1.54) is 24.3 Å². The Labute approximate surface area is 177 Å². The second-order valence-corrected chi connectivity index (χ2v) is 8.99. The molecule has 150 valence electrons. The summed E-state index contributed by atoms with van der Waals surface area (Å²) in [6.07, 6.45) is 0. The van der Waals surface area contributed by atoms with E-state index in [1.807, 2.05) is 18.2 Å². The van der Waals surface area contributed by atoms with Gasteiger partial charge in [0, 0.05) is 22.9 Å². The molecule has 0 spiro atoms. The van der Waals surface area contributed by atoms with E-state index in [0.717, 1.165) is 15.8 Å². The van der Waals surface area contributed by atoms with Crippen molar-refractivity contribution in [2.75, 3.05) is 24.7 Å². The fourth-order valence-corrected chi connectivity index (χ4v) is 5.07. The highest BCUT2D eigenvalue weighted by molar-refractivity contribution is 9.10. The van der Waals surface area contributed by atoms with Crippen molar-refractivity contribution in [1.29, 1.82) is 0 Å². The number of alkyl halides is 3. The molecule has 0 radical (unpaired) electrons. The van der Waals surface area contributed by atoms with Crippen LogP contribution in [0.3, 0.4) is 0 Å². The number of hydrogen-bond acceptors (Lipinski definition) is 4. The summed E-state index contributed by atoms with van der Waals surface area (Å²) in [5.74, 6) is 1.50. The second kappa shape index (κ2) is 8.87. The van der Waals surface area contributed by atoms with E-state index in [9.17, 15) is 18.0 Å². The van der Waals surface area contributed by atoms with Crippen LogP contribution >= 0.6 is 39.5 Å². The van der Waals surface area contributed by atoms with Crippen LogP contribution in [0.2, 0.25) is 0 Å². The van der Waals surface area contributed by atoms with Crippen molar-refractivity contribution in [2.24, 2.45) is 0 Å². The number of amides is 2. The van der Waals surface area contributed by atoms with E-state index >= 15 is 0 Å². The maximum Gasteiger partial charge on any atom is 0.446 e. The van der Waals surface area contributed by atoms with Crippen LogP contribution in [0.1, 0.15) is 10.9 Å². The monoisotopic (exact) mass is 492 g/mol. The number of carbonyl (C=O) groups is 1. The molecule has 0 aliphatic carbocycles. The zero-order valence-electron chi connectivity index (χ0n) is 14.6. The Morgan fingerprint density at radius 3 is 2.61 bits per heavy atom. The lowest BCUT2D eigenvalue weighted by Gasteiger charge is -2.25. The largest absolute Gasteiger partial charge is 0.496 e. The Kier molecular flexibility index (Phi) is 6.72. The number of halogens is 4. The molecule has 1 atom stereocenters. The average Bonchev–Trinajstić information content (AvgIpc) is 3.12. The summed E-state index contributed by atoms with van der Waals surface area (Å²) >= 11 is 4.92. The number of thioether (sulfide) groups is 2. The third-order valence-electron chi connectivity index (χ3n) is 3.95. The summed E-state index contributed by atoms with van der Waals surface area (Å²) in [5.41, 5.74) is -2.93. The Balaban J connectivity index is 1.68. The van der Waals surface area contributed by atoms with Crippen molar-refractivity contribution in [3.63, 3.8) is 0 Å². The zero-order chi connectivity index (χ0) is 20.3. The lowest BCUT2D eigenvalue weighted by atomic mass is 10.2. The number of urea groups is 1. The Bertz CT molecular complexity index is 850. The molecular weight excluding hydrogens is 477 g/mol. The van der Waals surface area contributed by atoms with E-state index in [2.05, 4.69) is 21.2 Å². The quantitative estimate of drug-likeness (QED) is 0.504. The first-order chi connectivity index (χ1) is 13.3. The van der Waals surface area contributed by atoms with Crippen LogP contribution in [0.5, 0.6) is 5.75 Å². The van der Waals surface area contributed by atoms with Gasteiger partial charge in [-0.3, -0.25) is 0 Å². The summed E-state index contributed by atoms with van der Waals surface area (Å²) < 4.78 is 43.3. The molecule has 1 N–H and O–H groups in total. The minimum absolute atomic E-state index is 0.0724. The van der Waals surface area contributed by atoms with Crippen LogP contribution < -0.4 is 10.1 Å². The smallest absolute Gasteiger partial charge is 0.446 e. The maximum absolute atomic E-state index is 12.7. The molecule has 0 saturated carbocycles. The summed E-state index contributed by atoms with van der Waals surface area (Å²) in [6, 6.07) is 11.0. The number of nitrogens with zero attached hydrogens (tertiary/aromatic N) is 1. The zero-order valence-corrected chi connectivity index (χ0v) is 17.8. The molecule has 1 saturated heterocycles. The molecule has 1 aliphatic rings. The van der Waals surface area contributed by atoms with Crippen molar-refractivity contribution < 1.29 is 22.7 Å². The molecule has 1 unspecified atom stereocenters. The lowest BCUT2D eigenvalue weighted by Crippen LogP contribution is -2.34. The van der Waals surface area contributed by atoms with Crippen LogP contribution in [0.25, 0.3) is 0 Å². The molecule has 4 nitrogen and oxygen atoms in total. The van der Waals surface area contributed by atoms with Gasteiger partial charge in [-0.15, -0.1) is 11.8 Å². The standard InChI is InChI=1S/C18H16BrF3N2O2S2/c1-26-15-7-2-11(10-14(15)19)16-24(8-9-27-16)17(25)23-12-3-5-13(6-4-12)28-18(20,21)22/h2-7,10,16H,8-9H2,1H3,(H,23,25). The third-order valence-corrected chi connectivity index (χ3v) is 6.57. The van der Waals surface area contributed by atoms with Gasteiger partial charge in [0.1, 0.15) is 11.1 Å². The number of anilines is 1. The van der Waals surface area contributed by atoms with Crippen molar-refractivity contribution in [3.05, 3.63) is 52.5 Å². The molecule has 10 heteroatoms. The van der Waals surface area contributed by atoms with E-state index in [1.54, 1.807) is 23.8 Å². The first-order valence-corrected chi connectivity index (χ1v) is 10.8. The highest BCUT2D eigenvalue weighted by Crippen LogP contribution is 2.41. The van der Waals surface area contributed by atoms with Gasteiger partial charge in [-0.05, 0) is 69.7 Å². The van der Waals surface area contributed by atoms with Crippen molar-refractivity contribution >= 4 is 51.2 Å². The highest BCUT2D eigenvalue weighted by atomic mass is 79.9. The van der Waals surface area contributed by atoms with Crippen molar-refractivity contribution in [1.82, 2.24) is 4.90 Å². The SMILES string of the molecule is COc1ccc(C2SCCN2C(=O)Nc2ccc(SC(F)(F)F)cc2)cc1Br. The van der Waals surface area contributed by atoms with Crippen LogP contribution in [0.15, 0.2) is 51.8 Å². The Hall–Kier alpha value is -1.52. The van der Waals surface area contributed by atoms with Crippen molar-refractivity contribution in [2.45, 2.75) is 15.8 Å². The molecule has 2 aromatic carbocycles. The molecule has 3 rings (SSSR count). The van der Waals surface area contributed by atoms with Gasteiger partial charge in [0.05, 0.1) is 11.6 Å². The van der Waals surface area contributed by atoms with Crippen LogP contribution in [0, 0.1) is 0 Å². The molecule has 28 heavy (non-hydrogen) atoms. The van der Waals surface area contributed by atoms with Crippen molar-refractivity contribution in [3.8, 4) is 5.75 Å². The number of hydrogen-bond donors (Lipinski definition) is 1. The van der Waals surface area contributed by atoms with Gasteiger partial charge in [-0.1, -0.05) is 6.07 Å². The first-order valence-electron chi connectivity index (χ1n) is 8.15. The number of rotatable bonds is 4. The molecule has 2 amide bonds. The summed E-state index contributed by atoms with van der Waals surface area (Å²) in [5, 5.41) is 2.61. The Morgan fingerprint density at radius 2 is 2.00 bits per heavy atom. The first kappa shape index (κ1) is 21.2. The number of benzene rings is 2. The lowest BCUT2D eigenvalue weighted by molar-refractivity contribution is -0.0328. The maximum atomic E-state index is 12.7. The van der Waals surface area contributed by atoms with E-state index in [-0.39, 0.29) is 28.1 Å². The minimum Gasteiger partial charge on any atom is -0.496 e. The topological polar surface area (TPSA) is 41.6 Å². The molecule has 2 aromatic rings. The van der Waals surface area contributed by atoms with E-state index in [0.29, 0.717) is 18.0 Å². The van der Waals surface area contributed by atoms with Gasteiger partial charge in [0.15, 0.2) is 0 Å². The van der Waals surface area contributed by atoms with E-state index < -0.39 is 5.51 Å². The van der Waals surface area contributed by atoms with Crippen LogP contribution in [-0.2, 0) is 0 Å². The fraction of sp³-hybridized carbons (Fsp3) is 0.278. The summed E-state index contributed by atoms with van der Waals surface area (Å²) in [7, 11) is 1.59. The fourth-order valence-electron chi connectivity index (χ4n) is 2.73. The molecule has 1 aliphatic heterocycles. The van der Waals surface area contributed by atoms with Crippen LogP contribution in [-0.4, -0.2) is 35.8 Å². The van der Waals surface area contributed by atoms with E-state index in [4.69, 9.17) is 4.74 Å². The summed E-state index contributed by atoms with van der Waals surface area (Å²) in [4.78, 5) is 14.5. The van der Waals surface area contributed by atoms with Crippen LogP contribution in [0.4, 0.5) is 23.7 Å². The molecule has 1 heterocycles. The number of carbonyl (C=O) groups excluding carboxylic acids is 1. The number of nitrogens with one attached hydrogen (secondary N) is 1. The van der Waals surface area contributed by atoms with Gasteiger partial charge in [0.25, 0.3) is 0 Å². The molecule has 0 aromatic heterocycles. The normalized spacial score (nSPS) is 16.9. The van der Waals surface area contributed by atoms with Gasteiger partial charge in [0.2, 0.25) is 0 Å². The van der Waals surface area contributed by atoms with Gasteiger partial charge in [-0.25, -0.2) is 4.79 Å². The molecule has 1 fully saturated rings. The predicted molar refractivity (Wildman–Crippen MR) is 110 cm³/mol. The number of methoxy groups -OCH3 is 1. The molecular formula is C18H16BrF3N2O2S2. The second-order valence-electron chi connectivity index (χ2n) is 5.81. The number of ether oxygens (including phenoxy) is 1. The average molecular weight is 493 g/mol. The molecule has 0 bridgehead atoms. The minimum atomic E-state index is -4.34. The van der Waals surface area contributed by atoms with Gasteiger partial charge >= 0.3 is 11.5 Å². The van der Waals surface area contributed by atoms with Gasteiger partial charge in [-0.2, -0.15) is 13.2 Å². The Morgan fingerprint density at radius 1 is 1.29 bits per heavy atom. The summed E-state index contributed by atoms with van der Waals surface area (Å²) in [6.45, 7) is 0.576. The van der Waals surface area contributed by atoms with Gasteiger partial charge < -0.3 is 15.0 Å². The highest BCUT2D eigenvalue weighted by Gasteiger charge is 2.31. The predicted octanol–water partition coefficient (Wildman–Crippen LogP) is 6.35.